The Morgan fingerprint density at radius 2 is 0.730 bits per heavy atom. The first-order chi connectivity index (χ1) is 36.2. The van der Waals surface area contributed by atoms with Gasteiger partial charge in [-0.15, -0.1) is 0 Å². The number of esters is 3. The molecule has 0 aromatic heterocycles. The van der Waals surface area contributed by atoms with Gasteiger partial charge in [-0.25, -0.2) is 4.57 Å². The molecule has 0 rings (SSSR count). The van der Waals surface area contributed by atoms with E-state index in [1.807, 2.05) is 12.2 Å². The van der Waals surface area contributed by atoms with Crippen LogP contribution in [0.5, 0.6) is 0 Å². The van der Waals surface area contributed by atoms with Crippen molar-refractivity contribution in [2.75, 3.05) is 26.4 Å². The van der Waals surface area contributed by atoms with E-state index >= 15 is 0 Å². The van der Waals surface area contributed by atoms with Gasteiger partial charge in [0.05, 0.1) is 19.8 Å². The van der Waals surface area contributed by atoms with Crippen molar-refractivity contribution in [1.82, 2.24) is 0 Å². The van der Waals surface area contributed by atoms with Crippen LogP contribution in [0.25, 0.3) is 0 Å². The Morgan fingerprint density at radius 1 is 0.392 bits per heavy atom. The lowest BCUT2D eigenvalue weighted by Gasteiger charge is -2.21. The summed E-state index contributed by atoms with van der Waals surface area (Å²) in [5.41, 5.74) is 0. The maximum Gasteiger partial charge on any atom is 0.472 e. The first-order valence-electron chi connectivity index (χ1n) is 29.1. The molecule has 0 saturated heterocycles. The number of ether oxygens (including phenoxy) is 3. The summed E-state index contributed by atoms with van der Waals surface area (Å²) in [5.74, 6) is -1.59. The van der Waals surface area contributed by atoms with E-state index < -0.39 is 57.8 Å². The molecule has 2 N–H and O–H groups in total. The molecule has 0 aliphatic carbocycles. The molecule has 424 valence electrons. The average molecular weight is 1060 g/mol. The summed E-state index contributed by atoms with van der Waals surface area (Å²) in [7, 11) is -4.77. The zero-order valence-electron chi connectivity index (χ0n) is 46.8. The van der Waals surface area contributed by atoms with Crippen molar-refractivity contribution in [3.8, 4) is 0 Å². The Bertz CT molecular complexity index is 1610. The van der Waals surface area contributed by atoms with Crippen LogP contribution in [0.1, 0.15) is 239 Å². The first-order valence-corrected chi connectivity index (χ1v) is 30.6. The summed E-state index contributed by atoms with van der Waals surface area (Å²) in [4.78, 5) is 48.5. The van der Waals surface area contributed by atoms with Gasteiger partial charge in [0.2, 0.25) is 0 Å². The number of hydrogen-bond acceptors (Lipinski definition) is 10. The normalized spacial score (nSPS) is 14.1. The molecule has 0 bridgehead atoms. The molecule has 0 spiro atoms. The lowest BCUT2D eigenvalue weighted by Crippen LogP contribution is -2.30. The zero-order valence-corrected chi connectivity index (χ0v) is 47.7. The van der Waals surface area contributed by atoms with Crippen LogP contribution in [0.4, 0.5) is 0 Å². The van der Waals surface area contributed by atoms with Gasteiger partial charge in [0.25, 0.3) is 0 Å². The van der Waals surface area contributed by atoms with E-state index in [0.29, 0.717) is 25.7 Å². The molecule has 0 saturated carbocycles. The highest BCUT2D eigenvalue weighted by Crippen LogP contribution is 2.43. The van der Waals surface area contributed by atoms with Crippen LogP contribution in [0.2, 0.25) is 0 Å². The lowest BCUT2D eigenvalue weighted by molar-refractivity contribution is -0.161. The molecule has 12 heteroatoms. The molecule has 11 nitrogen and oxygen atoms in total. The highest BCUT2D eigenvalue weighted by atomic mass is 31.2. The number of carbonyl (C=O) groups is 3. The van der Waals surface area contributed by atoms with E-state index in [1.165, 1.54) is 64.2 Å². The van der Waals surface area contributed by atoms with Gasteiger partial charge in [-0.05, 0) is 109 Å². The quantitative estimate of drug-likeness (QED) is 0.0197. The molecular formula is C62H105O11P. The number of phosphoric ester groups is 1. The second-order valence-corrected chi connectivity index (χ2v) is 20.5. The molecule has 3 atom stereocenters. The van der Waals surface area contributed by atoms with Crippen molar-refractivity contribution in [3.63, 3.8) is 0 Å². The van der Waals surface area contributed by atoms with Gasteiger partial charge in [0.15, 0.2) is 6.10 Å². The third kappa shape index (κ3) is 53.2. The molecule has 3 unspecified atom stereocenters. The minimum atomic E-state index is -4.77. The van der Waals surface area contributed by atoms with E-state index in [9.17, 15) is 28.9 Å². The van der Waals surface area contributed by atoms with Crippen LogP contribution in [0.3, 0.4) is 0 Å². The fourth-order valence-corrected chi connectivity index (χ4v) is 8.33. The van der Waals surface area contributed by atoms with Crippen molar-refractivity contribution >= 4 is 25.7 Å². The fraction of sp³-hybridized carbons (Fsp3) is 0.694. The van der Waals surface area contributed by atoms with Crippen LogP contribution in [-0.4, -0.2) is 66.5 Å². The summed E-state index contributed by atoms with van der Waals surface area (Å²) >= 11 is 0. The average Bonchev–Trinajstić information content (AvgIpc) is 3.39. The molecule has 0 amide bonds. The standard InChI is InChI=1S/C62H105O11P/c1-4-7-10-13-16-19-22-25-27-28-29-30-32-35-38-41-44-47-50-53-62(66)73-59(55-69-60(64)51-48-45-42-39-36-33-24-21-18-15-12-9-6-3)57-71-74(67,68)70-56-58(54-63)72-61(65)52-49-46-43-40-37-34-31-26-23-20-17-14-11-8-5-2/h7,10,16,19,21,24-27,29-31,35,38,44,47,58-59,63H,4-6,8-9,11-15,17-18,20,22-23,28,32-34,36-37,39-43,45-46,48-57H2,1-3H3,(H,67,68)/b10-7-,19-16-,24-21-,27-25-,30-29-,31-26-,38-35-,47-44-. The van der Waals surface area contributed by atoms with Crippen molar-refractivity contribution < 1.29 is 52.2 Å². The highest BCUT2D eigenvalue weighted by Gasteiger charge is 2.28. The summed E-state index contributed by atoms with van der Waals surface area (Å²) in [6, 6.07) is 0. The molecule has 0 aliphatic heterocycles. The largest absolute Gasteiger partial charge is 0.472 e. The number of rotatable bonds is 53. The molecule has 74 heavy (non-hydrogen) atoms. The van der Waals surface area contributed by atoms with Gasteiger partial charge in [0, 0.05) is 19.3 Å². The number of aliphatic hydroxyl groups is 1. The molecule has 0 aliphatic rings. The van der Waals surface area contributed by atoms with Crippen molar-refractivity contribution in [2.45, 2.75) is 251 Å². The number of allylic oxidation sites excluding steroid dienone is 16. The van der Waals surface area contributed by atoms with Gasteiger partial charge in [-0.2, -0.15) is 0 Å². The number of aliphatic hydroxyl groups excluding tert-OH is 1. The van der Waals surface area contributed by atoms with E-state index in [2.05, 4.69) is 106 Å². The Hall–Kier alpha value is -3.60. The number of unbranched alkanes of at least 4 members (excludes halogenated alkanes) is 20. The van der Waals surface area contributed by atoms with Crippen LogP contribution >= 0.6 is 7.82 Å². The second kappa shape index (κ2) is 55.6. The van der Waals surface area contributed by atoms with Gasteiger partial charge < -0.3 is 24.2 Å². The number of phosphoric acid groups is 1. The first kappa shape index (κ1) is 70.4. The van der Waals surface area contributed by atoms with Crippen molar-refractivity contribution in [3.05, 3.63) is 97.2 Å². The van der Waals surface area contributed by atoms with Crippen LogP contribution in [0, 0.1) is 0 Å². The Balaban J connectivity index is 4.84. The molecule has 0 radical (unpaired) electrons. The van der Waals surface area contributed by atoms with Crippen LogP contribution in [-0.2, 0) is 42.2 Å². The van der Waals surface area contributed by atoms with Gasteiger partial charge in [-0.3, -0.25) is 23.4 Å². The van der Waals surface area contributed by atoms with E-state index in [1.54, 1.807) is 0 Å². The van der Waals surface area contributed by atoms with E-state index in [0.717, 1.165) is 109 Å². The van der Waals surface area contributed by atoms with Gasteiger partial charge >= 0.3 is 25.7 Å². The third-order valence-corrected chi connectivity index (χ3v) is 12.9. The predicted molar refractivity (Wildman–Crippen MR) is 307 cm³/mol. The third-order valence-electron chi connectivity index (χ3n) is 12.0. The zero-order chi connectivity index (χ0) is 54.1. The summed E-state index contributed by atoms with van der Waals surface area (Å²) in [6.45, 7) is 4.41. The summed E-state index contributed by atoms with van der Waals surface area (Å²) < 4.78 is 39.4. The fourth-order valence-electron chi connectivity index (χ4n) is 7.55. The number of hydrogen-bond donors (Lipinski definition) is 2. The molecule has 0 heterocycles. The predicted octanol–water partition coefficient (Wildman–Crippen LogP) is 17.3. The molecular weight excluding hydrogens is 952 g/mol. The molecule has 0 fully saturated rings. The SMILES string of the molecule is CC/C=C\C/C=C\C/C=C\C/C=C\C/C=C\C/C=C\CCC(=O)OC(COC(=O)CCCCCCC/C=C\CCCCCC)COP(=O)(O)OCC(CO)OC(=O)CCCCCCC/C=C\CCCCCCCC. The monoisotopic (exact) mass is 1060 g/mol. The van der Waals surface area contributed by atoms with E-state index in [-0.39, 0.29) is 25.9 Å². The van der Waals surface area contributed by atoms with Gasteiger partial charge in [-0.1, -0.05) is 208 Å². The minimum Gasteiger partial charge on any atom is -0.462 e. The Morgan fingerprint density at radius 3 is 1.18 bits per heavy atom. The Kier molecular flexibility index (Phi) is 52.9. The molecule has 0 aromatic carbocycles. The highest BCUT2D eigenvalue weighted by molar-refractivity contribution is 7.47. The van der Waals surface area contributed by atoms with Crippen molar-refractivity contribution in [1.29, 1.82) is 0 Å². The topological polar surface area (TPSA) is 155 Å². The smallest absolute Gasteiger partial charge is 0.462 e. The summed E-state index contributed by atoms with van der Waals surface area (Å²) in [6.07, 6.45) is 65.2. The van der Waals surface area contributed by atoms with Crippen LogP contribution in [0.15, 0.2) is 97.2 Å². The lowest BCUT2D eigenvalue weighted by atomic mass is 10.1. The maximum absolute atomic E-state index is 12.9. The maximum atomic E-state index is 12.9. The molecule has 0 aromatic rings. The number of carbonyl (C=O) groups excluding carboxylic acids is 3. The minimum absolute atomic E-state index is 0.0369. The van der Waals surface area contributed by atoms with Gasteiger partial charge in [0.1, 0.15) is 12.7 Å². The van der Waals surface area contributed by atoms with E-state index in [4.69, 9.17) is 23.3 Å². The second-order valence-electron chi connectivity index (χ2n) is 19.1. The van der Waals surface area contributed by atoms with Crippen molar-refractivity contribution in [2.24, 2.45) is 0 Å². The van der Waals surface area contributed by atoms with Crippen LogP contribution < -0.4 is 0 Å². The Labute approximate surface area is 451 Å². The summed E-state index contributed by atoms with van der Waals surface area (Å²) in [5, 5.41) is 9.81.